The fourth-order valence-corrected chi connectivity index (χ4v) is 2.81. The maximum Gasteiger partial charge on any atom is 0.412 e. The van der Waals surface area contributed by atoms with E-state index < -0.39 is 6.18 Å². The Morgan fingerprint density at radius 2 is 2.05 bits per heavy atom. The summed E-state index contributed by atoms with van der Waals surface area (Å²) in [6.07, 6.45) is -1.71. The first-order valence-electron chi connectivity index (χ1n) is 6.86. The van der Waals surface area contributed by atoms with Crippen LogP contribution in [-0.4, -0.2) is 30.7 Å². The molecule has 1 aromatic rings. The monoisotopic (exact) mass is 282 g/mol. The zero-order valence-corrected chi connectivity index (χ0v) is 11.1. The molecule has 5 heteroatoms. The smallest absolute Gasteiger partial charge is 0.384 e. The topological polar surface area (TPSA) is 15.3 Å². The van der Waals surface area contributed by atoms with Crippen LogP contribution in [0.25, 0.3) is 0 Å². The van der Waals surface area contributed by atoms with E-state index in [4.69, 9.17) is 0 Å². The van der Waals surface area contributed by atoms with Crippen molar-refractivity contribution in [1.82, 2.24) is 4.90 Å². The normalized spacial score (nSPS) is 19.4. The van der Waals surface area contributed by atoms with Crippen molar-refractivity contribution in [2.24, 2.45) is 0 Å². The Hall–Kier alpha value is -1.49. The molecule has 3 rings (SSSR count). The molecule has 20 heavy (non-hydrogen) atoms. The second-order valence-corrected chi connectivity index (χ2v) is 5.38. The Kier molecular flexibility index (Phi) is 3.46. The second-order valence-electron chi connectivity index (χ2n) is 5.38. The fraction of sp³-hybridized carbons (Fsp3) is 0.467. The van der Waals surface area contributed by atoms with Crippen LogP contribution in [0.5, 0.6) is 0 Å². The van der Waals surface area contributed by atoms with Gasteiger partial charge in [-0.3, -0.25) is 4.90 Å². The van der Waals surface area contributed by atoms with Gasteiger partial charge in [-0.2, -0.15) is 13.2 Å². The summed E-state index contributed by atoms with van der Waals surface area (Å²) in [5, 5.41) is 3.33. The zero-order valence-electron chi connectivity index (χ0n) is 11.1. The Bertz CT molecular complexity index is 534. The molecule has 0 aromatic heterocycles. The summed E-state index contributed by atoms with van der Waals surface area (Å²) in [5.74, 6) is 0. The third-order valence-electron chi connectivity index (χ3n) is 3.95. The highest BCUT2D eigenvalue weighted by atomic mass is 19.4. The average molecular weight is 282 g/mol. The third-order valence-corrected chi connectivity index (χ3v) is 3.95. The van der Waals surface area contributed by atoms with Gasteiger partial charge in [0.25, 0.3) is 0 Å². The summed E-state index contributed by atoms with van der Waals surface area (Å²) in [6, 6.07) is 6.31. The van der Waals surface area contributed by atoms with E-state index in [9.17, 15) is 13.2 Å². The SMILES string of the molecule is FC(F)(F)C1=CCN(Cc2ccc3c(c2)NCC3)CC1. The van der Waals surface area contributed by atoms with Crippen molar-refractivity contribution in [3.05, 3.63) is 41.0 Å². The average Bonchev–Trinajstić information content (AvgIpc) is 2.86. The predicted octanol–water partition coefficient (Wildman–Crippen LogP) is 3.35. The Balaban J connectivity index is 1.64. The minimum Gasteiger partial charge on any atom is -0.384 e. The highest BCUT2D eigenvalue weighted by Crippen LogP contribution is 2.31. The van der Waals surface area contributed by atoms with Crippen LogP contribution < -0.4 is 5.32 Å². The summed E-state index contributed by atoms with van der Waals surface area (Å²) < 4.78 is 37.7. The highest BCUT2D eigenvalue weighted by molar-refractivity contribution is 5.57. The van der Waals surface area contributed by atoms with Gasteiger partial charge in [0.1, 0.15) is 0 Å². The molecule has 0 amide bonds. The number of rotatable bonds is 2. The molecule has 0 spiro atoms. The minimum absolute atomic E-state index is 0.0900. The molecule has 0 atom stereocenters. The molecular formula is C15H17F3N2. The number of anilines is 1. The van der Waals surface area contributed by atoms with Gasteiger partial charge in [-0.1, -0.05) is 18.2 Å². The number of fused-ring (bicyclic) bond motifs is 1. The van der Waals surface area contributed by atoms with E-state index >= 15 is 0 Å². The van der Waals surface area contributed by atoms with E-state index in [2.05, 4.69) is 23.5 Å². The molecule has 1 N–H and O–H groups in total. The van der Waals surface area contributed by atoms with Crippen LogP contribution in [0, 0.1) is 0 Å². The molecule has 0 fully saturated rings. The quantitative estimate of drug-likeness (QED) is 0.837. The Labute approximate surface area is 116 Å². The molecule has 0 radical (unpaired) electrons. The number of nitrogens with one attached hydrogen (secondary N) is 1. The lowest BCUT2D eigenvalue weighted by Gasteiger charge is -2.27. The van der Waals surface area contributed by atoms with Gasteiger partial charge in [-0.05, 0) is 30.0 Å². The van der Waals surface area contributed by atoms with Crippen molar-refractivity contribution in [2.45, 2.75) is 25.6 Å². The summed E-state index contributed by atoms with van der Waals surface area (Å²) >= 11 is 0. The molecule has 2 aliphatic heterocycles. The zero-order chi connectivity index (χ0) is 14.2. The van der Waals surface area contributed by atoms with Crippen molar-refractivity contribution in [3.8, 4) is 0 Å². The number of alkyl halides is 3. The molecule has 0 saturated carbocycles. The number of hydrogen-bond donors (Lipinski definition) is 1. The second kappa shape index (κ2) is 5.13. The summed E-state index contributed by atoms with van der Waals surface area (Å²) in [5.41, 5.74) is 3.27. The number of hydrogen-bond acceptors (Lipinski definition) is 2. The van der Waals surface area contributed by atoms with E-state index in [0.29, 0.717) is 19.6 Å². The van der Waals surface area contributed by atoms with Gasteiger partial charge >= 0.3 is 6.18 Å². The molecular weight excluding hydrogens is 265 g/mol. The molecule has 0 unspecified atom stereocenters. The first kappa shape index (κ1) is 13.5. The molecule has 108 valence electrons. The van der Waals surface area contributed by atoms with Gasteiger partial charge in [0.05, 0.1) is 0 Å². The van der Waals surface area contributed by atoms with Crippen molar-refractivity contribution in [3.63, 3.8) is 0 Å². The van der Waals surface area contributed by atoms with Gasteiger partial charge in [0, 0.05) is 37.4 Å². The largest absolute Gasteiger partial charge is 0.412 e. The third kappa shape index (κ3) is 2.82. The fourth-order valence-electron chi connectivity index (χ4n) is 2.81. The number of halogens is 3. The highest BCUT2D eigenvalue weighted by Gasteiger charge is 2.34. The molecule has 0 saturated heterocycles. The van der Waals surface area contributed by atoms with Crippen LogP contribution in [0.15, 0.2) is 29.8 Å². The van der Waals surface area contributed by atoms with Gasteiger partial charge in [0.2, 0.25) is 0 Å². The van der Waals surface area contributed by atoms with Crippen LogP contribution in [0.2, 0.25) is 0 Å². The predicted molar refractivity (Wildman–Crippen MR) is 72.7 cm³/mol. The molecule has 2 aliphatic rings. The first-order valence-corrected chi connectivity index (χ1v) is 6.86. The lowest BCUT2D eigenvalue weighted by molar-refractivity contribution is -0.0960. The molecule has 0 aliphatic carbocycles. The maximum atomic E-state index is 12.6. The number of benzene rings is 1. The summed E-state index contributed by atoms with van der Waals surface area (Å²) in [4.78, 5) is 2.05. The van der Waals surface area contributed by atoms with Crippen LogP contribution in [0.1, 0.15) is 17.5 Å². The van der Waals surface area contributed by atoms with Gasteiger partial charge in [0.15, 0.2) is 0 Å². The van der Waals surface area contributed by atoms with Gasteiger partial charge < -0.3 is 5.32 Å². The van der Waals surface area contributed by atoms with Crippen molar-refractivity contribution >= 4 is 5.69 Å². The lowest BCUT2D eigenvalue weighted by atomic mass is 10.1. The van der Waals surface area contributed by atoms with Crippen LogP contribution in [0.3, 0.4) is 0 Å². The lowest BCUT2D eigenvalue weighted by Crippen LogP contribution is -2.31. The van der Waals surface area contributed by atoms with E-state index in [1.807, 2.05) is 4.90 Å². The standard InChI is InChI=1S/C15H17F3N2/c16-15(17,18)13-4-7-20(8-5-13)10-11-1-2-12-3-6-19-14(12)9-11/h1-2,4,9,19H,3,5-8,10H2. The van der Waals surface area contributed by atoms with Crippen LogP contribution in [-0.2, 0) is 13.0 Å². The van der Waals surface area contributed by atoms with Crippen molar-refractivity contribution in [2.75, 3.05) is 25.0 Å². The van der Waals surface area contributed by atoms with E-state index in [0.717, 1.165) is 18.5 Å². The minimum atomic E-state index is -4.16. The van der Waals surface area contributed by atoms with Crippen molar-refractivity contribution < 1.29 is 13.2 Å². The van der Waals surface area contributed by atoms with Gasteiger partial charge in [-0.25, -0.2) is 0 Å². The van der Waals surface area contributed by atoms with E-state index in [1.54, 1.807) is 0 Å². The Morgan fingerprint density at radius 1 is 1.20 bits per heavy atom. The van der Waals surface area contributed by atoms with Crippen molar-refractivity contribution in [1.29, 1.82) is 0 Å². The van der Waals surface area contributed by atoms with E-state index in [1.165, 1.54) is 17.3 Å². The van der Waals surface area contributed by atoms with Gasteiger partial charge in [-0.15, -0.1) is 0 Å². The summed E-state index contributed by atoms with van der Waals surface area (Å²) in [6.45, 7) is 2.52. The molecule has 1 aromatic carbocycles. The van der Waals surface area contributed by atoms with E-state index in [-0.39, 0.29) is 12.0 Å². The first-order chi connectivity index (χ1) is 9.52. The molecule has 2 nitrogen and oxygen atoms in total. The Morgan fingerprint density at radius 3 is 2.75 bits per heavy atom. The maximum absolute atomic E-state index is 12.6. The summed E-state index contributed by atoms with van der Waals surface area (Å²) in [7, 11) is 0. The number of nitrogens with zero attached hydrogens (tertiary/aromatic N) is 1. The molecule has 0 bridgehead atoms. The molecule has 2 heterocycles. The van der Waals surface area contributed by atoms with Crippen LogP contribution >= 0.6 is 0 Å². The van der Waals surface area contributed by atoms with Crippen LogP contribution in [0.4, 0.5) is 18.9 Å².